The molecule has 0 aliphatic heterocycles. The fourth-order valence-electron chi connectivity index (χ4n) is 3.18. The first-order chi connectivity index (χ1) is 12.3. The molecule has 1 heterocycles. The van der Waals surface area contributed by atoms with Crippen molar-refractivity contribution in [2.45, 2.75) is 45.3 Å². The van der Waals surface area contributed by atoms with E-state index in [2.05, 4.69) is 10.4 Å². The molecule has 26 heavy (non-hydrogen) atoms. The van der Waals surface area contributed by atoms with Crippen molar-refractivity contribution in [2.75, 3.05) is 5.32 Å². The number of fused-ring (bicyclic) bond motifs is 1. The number of nitrogens with zero attached hydrogens (tertiary/aromatic N) is 2. The normalized spacial score (nSPS) is 14.0. The number of carbonyl (C=O) groups excluding carboxylic acids is 2. The second kappa shape index (κ2) is 6.93. The Labute approximate surface area is 148 Å². The summed E-state index contributed by atoms with van der Waals surface area (Å²) in [5.74, 6) is -0.632. The van der Waals surface area contributed by atoms with Gasteiger partial charge in [0.25, 0.3) is 0 Å². The first kappa shape index (κ1) is 18.2. The van der Waals surface area contributed by atoms with Crippen LogP contribution in [-0.2, 0) is 30.4 Å². The van der Waals surface area contributed by atoms with Gasteiger partial charge in [0.05, 0.1) is 0 Å². The van der Waals surface area contributed by atoms with Gasteiger partial charge in [-0.3, -0.25) is 14.3 Å². The van der Waals surface area contributed by atoms with Crippen LogP contribution in [0.15, 0.2) is 24.3 Å². The van der Waals surface area contributed by atoms with Crippen LogP contribution in [0.25, 0.3) is 0 Å². The number of aromatic nitrogens is 2. The Bertz CT molecular complexity index is 856. The maximum atomic E-state index is 13.2. The smallest absolute Gasteiger partial charge is 0.324 e. The Morgan fingerprint density at radius 2 is 1.96 bits per heavy atom. The van der Waals surface area contributed by atoms with Gasteiger partial charge in [-0.2, -0.15) is 18.3 Å². The van der Waals surface area contributed by atoms with E-state index in [4.69, 9.17) is 0 Å². The molecule has 0 fully saturated rings. The molecule has 1 aliphatic carbocycles. The average molecular weight is 365 g/mol. The van der Waals surface area contributed by atoms with Crippen LogP contribution in [0.4, 0.5) is 18.9 Å². The van der Waals surface area contributed by atoms with Crippen molar-refractivity contribution < 1.29 is 22.8 Å². The summed E-state index contributed by atoms with van der Waals surface area (Å²) < 4.78 is 40.7. The minimum atomic E-state index is -4.53. The molecule has 1 aromatic carbocycles. The minimum absolute atomic E-state index is 0.142. The number of amides is 1. The van der Waals surface area contributed by atoms with Gasteiger partial charge >= 0.3 is 6.18 Å². The number of nitrogens with one attached hydrogen (secondary N) is 1. The van der Waals surface area contributed by atoms with Gasteiger partial charge in [0, 0.05) is 22.5 Å². The summed E-state index contributed by atoms with van der Waals surface area (Å²) >= 11 is 0. The lowest BCUT2D eigenvalue weighted by Gasteiger charge is -2.14. The zero-order valence-corrected chi connectivity index (χ0v) is 14.2. The first-order valence-electron chi connectivity index (χ1n) is 8.32. The molecule has 1 amide bonds. The highest BCUT2D eigenvalue weighted by Crippen LogP contribution is 2.35. The Morgan fingerprint density at radius 1 is 1.23 bits per heavy atom. The highest BCUT2D eigenvalue weighted by atomic mass is 19.4. The molecule has 5 nitrogen and oxygen atoms in total. The van der Waals surface area contributed by atoms with Gasteiger partial charge in [-0.05, 0) is 44.7 Å². The van der Waals surface area contributed by atoms with E-state index >= 15 is 0 Å². The highest BCUT2D eigenvalue weighted by molar-refractivity contribution is 5.97. The van der Waals surface area contributed by atoms with Crippen LogP contribution >= 0.6 is 0 Å². The molecule has 0 bridgehead atoms. The van der Waals surface area contributed by atoms with Crippen LogP contribution in [0, 0.1) is 0 Å². The van der Waals surface area contributed by atoms with Crippen molar-refractivity contribution in [3.8, 4) is 0 Å². The van der Waals surface area contributed by atoms with Crippen molar-refractivity contribution in [1.29, 1.82) is 0 Å². The minimum Gasteiger partial charge on any atom is -0.324 e. The van der Waals surface area contributed by atoms with Crippen LogP contribution in [0.3, 0.4) is 0 Å². The van der Waals surface area contributed by atoms with Crippen LogP contribution < -0.4 is 5.32 Å². The molecule has 0 unspecified atom stereocenters. The van der Waals surface area contributed by atoms with Crippen molar-refractivity contribution >= 4 is 17.4 Å². The molecule has 3 rings (SSSR count). The molecule has 0 atom stereocenters. The summed E-state index contributed by atoms with van der Waals surface area (Å²) in [7, 11) is 0. The van der Waals surface area contributed by atoms with Crippen LogP contribution in [0.1, 0.15) is 47.1 Å². The first-order valence-corrected chi connectivity index (χ1v) is 8.32. The second-order valence-corrected chi connectivity index (χ2v) is 6.32. The zero-order valence-electron chi connectivity index (χ0n) is 14.2. The molecule has 2 aromatic rings. The van der Waals surface area contributed by atoms with E-state index in [9.17, 15) is 22.8 Å². The molecular formula is C18H18F3N3O2. The Hall–Kier alpha value is -2.64. The van der Waals surface area contributed by atoms with E-state index in [1.807, 2.05) is 0 Å². The lowest BCUT2D eigenvalue weighted by molar-refractivity contribution is -0.142. The Kier molecular flexibility index (Phi) is 4.84. The number of halogens is 3. The van der Waals surface area contributed by atoms with Crippen molar-refractivity contribution in [3.63, 3.8) is 0 Å². The predicted molar refractivity (Wildman–Crippen MR) is 88.9 cm³/mol. The maximum Gasteiger partial charge on any atom is 0.435 e. The number of alkyl halides is 3. The fraction of sp³-hybridized carbons (Fsp3) is 0.389. The third kappa shape index (κ3) is 3.79. The van der Waals surface area contributed by atoms with Gasteiger partial charge in [0.15, 0.2) is 11.5 Å². The predicted octanol–water partition coefficient (Wildman–Crippen LogP) is 3.62. The molecule has 138 valence electrons. The lowest BCUT2D eigenvalue weighted by atomic mass is 9.95. The summed E-state index contributed by atoms with van der Waals surface area (Å²) in [6.45, 7) is 1.11. The largest absolute Gasteiger partial charge is 0.435 e. The lowest BCUT2D eigenvalue weighted by Crippen LogP contribution is -2.22. The van der Waals surface area contributed by atoms with Crippen molar-refractivity contribution in [1.82, 2.24) is 9.78 Å². The SMILES string of the molecule is CC(=O)c1cccc(NC(=O)Cn2nc(C(F)(F)F)c3c2CCCC3)c1. The molecule has 0 saturated heterocycles. The van der Waals surface area contributed by atoms with E-state index in [0.717, 1.165) is 11.1 Å². The molecule has 0 spiro atoms. The number of benzene rings is 1. The molecule has 1 aromatic heterocycles. The second-order valence-electron chi connectivity index (χ2n) is 6.32. The Morgan fingerprint density at radius 3 is 2.65 bits per heavy atom. The van der Waals surface area contributed by atoms with Gasteiger partial charge < -0.3 is 5.32 Å². The van der Waals surface area contributed by atoms with Gasteiger partial charge in [-0.25, -0.2) is 0 Å². The fourth-order valence-corrected chi connectivity index (χ4v) is 3.18. The zero-order chi connectivity index (χ0) is 18.9. The highest BCUT2D eigenvalue weighted by Gasteiger charge is 2.39. The van der Waals surface area contributed by atoms with Gasteiger partial charge in [0.1, 0.15) is 6.54 Å². The third-order valence-corrected chi connectivity index (χ3v) is 4.37. The Balaban J connectivity index is 1.81. The molecule has 8 heteroatoms. The third-order valence-electron chi connectivity index (χ3n) is 4.37. The number of hydrogen-bond acceptors (Lipinski definition) is 3. The van der Waals surface area contributed by atoms with E-state index in [0.29, 0.717) is 36.2 Å². The van der Waals surface area contributed by atoms with Crippen LogP contribution in [0.2, 0.25) is 0 Å². The van der Waals surface area contributed by atoms with Crippen LogP contribution in [0.5, 0.6) is 0 Å². The number of rotatable bonds is 4. The van der Waals surface area contributed by atoms with Crippen molar-refractivity contribution in [2.24, 2.45) is 0 Å². The van der Waals surface area contributed by atoms with E-state index in [1.54, 1.807) is 18.2 Å². The quantitative estimate of drug-likeness (QED) is 0.842. The molecule has 0 radical (unpaired) electrons. The molecule has 1 aliphatic rings. The summed E-state index contributed by atoms with van der Waals surface area (Å²) in [4.78, 5) is 23.7. The summed E-state index contributed by atoms with van der Waals surface area (Å²) in [5.41, 5.74) is 0.656. The maximum absolute atomic E-state index is 13.2. The summed E-state index contributed by atoms with van der Waals surface area (Å²) in [6, 6.07) is 6.39. The topological polar surface area (TPSA) is 64.0 Å². The number of Topliss-reactive ketones (excluding diaryl/α,β-unsaturated/α-hetero) is 1. The van der Waals surface area contributed by atoms with Gasteiger partial charge in [-0.15, -0.1) is 0 Å². The number of hydrogen-bond donors (Lipinski definition) is 1. The van der Waals surface area contributed by atoms with Gasteiger partial charge in [-0.1, -0.05) is 12.1 Å². The summed E-state index contributed by atoms with van der Waals surface area (Å²) in [6.07, 6.45) is -2.26. The van der Waals surface area contributed by atoms with Crippen molar-refractivity contribution in [3.05, 3.63) is 46.8 Å². The van der Waals surface area contributed by atoms with Gasteiger partial charge in [0.2, 0.25) is 5.91 Å². The standard InChI is InChI=1S/C18H18F3N3O2/c1-11(25)12-5-4-6-13(9-12)22-16(26)10-24-15-8-3-2-7-14(15)17(23-24)18(19,20)21/h4-6,9H,2-3,7-8,10H2,1H3,(H,22,26). The number of anilines is 1. The molecule has 0 saturated carbocycles. The summed E-state index contributed by atoms with van der Waals surface area (Å²) in [5, 5.41) is 6.27. The van der Waals surface area contributed by atoms with E-state index in [-0.39, 0.29) is 17.9 Å². The monoisotopic (exact) mass is 365 g/mol. The number of carbonyl (C=O) groups is 2. The molecule has 1 N–H and O–H groups in total. The average Bonchev–Trinajstić information content (AvgIpc) is 2.94. The number of ketones is 1. The van der Waals surface area contributed by atoms with Crippen LogP contribution in [-0.4, -0.2) is 21.5 Å². The molecular weight excluding hydrogens is 347 g/mol. The van der Waals surface area contributed by atoms with E-state index < -0.39 is 17.8 Å². The van der Waals surface area contributed by atoms with E-state index in [1.165, 1.54) is 13.0 Å².